The lowest BCUT2D eigenvalue weighted by Gasteiger charge is -2.04. The summed E-state index contributed by atoms with van der Waals surface area (Å²) in [6.07, 6.45) is 1.58. The Kier molecular flexibility index (Phi) is 3.38. The summed E-state index contributed by atoms with van der Waals surface area (Å²) in [5.41, 5.74) is 6.63. The van der Waals surface area contributed by atoms with E-state index < -0.39 is 0 Å². The molecule has 16 heavy (non-hydrogen) atoms. The van der Waals surface area contributed by atoms with E-state index in [1.165, 1.54) is 11.3 Å². The zero-order valence-corrected chi connectivity index (χ0v) is 9.66. The predicted octanol–water partition coefficient (Wildman–Crippen LogP) is 2.66. The number of aromatic nitrogens is 1. The van der Waals surface area contributed by atoms with Gasteiger partial charge >= 0.3 is 0 Å². The molecule has 2 rings (SSSR count). The monoisotopic (exact) mass is 236 g/mol. The molecule has 0 bridgehead atoms. The summed E-state index contributed by atoms with van der Waals surface area (Å²) in [7, 11) is 1.66. The van der Waals surface area contributed by atoms with Crippen LogP contribution < -0.4 is 10.5 Å². The molecule has 2 N–H and O–H groups in total. The van der Waals surface area contributed by atoms with Crippen molar-refractivity contribution in [1.82, 2.24) is 4.98 Å². The highest BCUT2D eigenvalue weighted by molar-refractivity contribution is 7.17. The molecule has 84 valence electrons. The first-order valence-corrected chi connectivity index (χ1v) is 5.56. The quantitative estimate of drug-likeness (QED) is 0.886. The number of ether oxygens (including phenoxy) is 2. The number of nitrogen functional groups attached to an aromatic ring is 1. The summed E-state index contributed by atoms with van der Waals surface area (Å²) in [6, 6.07) is 7.69. The third-order valence-electron chi connectivity index (χ3n) is 1.92. The van der Waals surface area contributed by atoms with Gasteiger partial charge in [-0.3, -0.25) is 0 Å². The van der Waals surface area contributed by atoms with Crippen LogP contribution in [0, 0.1) is 0 Å². The van der Waals surface area contributed by atoms with E-state index >= 15 is 0 Å². The van der Waals surface area contributed by atoms with Crippen molar-refractivity contribution in [2.75, 3.05) is 12.8 Å². The summed E-state index contributed by atoms with van der Waals surface area (Å²) in [5.74, 6) is 0.740. The van der Waals surface area contributed by atoms with E-state index in [4.69, 9.17) is 15.2 Å². The normalized spacial score (nSPS) is 10.3. The lowest BCUT2D eigenvalue weighted by Crippen LogP contribution is -1.88. The molecular formula is C11H12N2O2S. The predicted molar refractivity (Wildman–Crippen MR) is 63.8 cm³/mol. The van der Waals surface area contributed by atoms with E-state index in [1.807, 2.05) is 24.3 Å². The van der Waals surface area contributed by atoms with Crippen LogP contribution in [-0.2, 0) is 11.3 Å². The molecule has 0 atom stereocenters. The fourth-order valence-electron chi connectivity index (χ4n) is 1.28. The van der Waals surface area contributed by atoms with E-state index in [1.54, 1.807) is 13.3 Å². The van der Waals surface area contributed by atoms with Crippen molar-refractivity contribution in [3.05, 3.63) is 36.0 Å². The minimum Gasteiger partial charge on any atom is -0.431 e. The first kappa shape index (κ1) is 10.9. The molecule has 1 heterocycles. The van der Waals surface area contributed by atoms with Gasteiger partial charge in [-0.15, -0.1) is 0 Å². The Morgan fingerprint density at radius 3 is 3.00 bits per heavy atom. The van der Waals surface area contributed by atoms with Crippen LogP contribution in [-0.4, -0.2) is 12.1 Å². The first-order valence-electron chi connectivity index (χ1n) is 4.75. The SMILES string of the molecule is COCc1cccc(Oc2ncc(N)s2)c1. The fourth-order valence-corrected chi connectivity index (χ4v) is 1.83. The molecule has 4 nitrogen and oxygen atoms in total. The van der Waals surface area contributed by atoms with E-state index in [9.17, 15) is 0 Å². The van der Waals surface area contributed by atoms with Gasteiger partial charge < -0.3 is 15.2 Å². The zero-order chi connectivity index (χ0) is 11.4. The van der Waals surface area contributed by atoms with Crippen LogP contribution in [0.25, 0.3) is 0 Å². The van der Waals surface area contributed by atoms with Gasteiger partial charge in [0.05, 0.1) is 12.8 Å². The van der Waals surface area contributed by atoms with Crippen molar-refractivity contribution < 1.29 is 9.47 Å². The molecule has 0 radical (unpaired) electrons. The maximum absolute atomic E-state index is 5.57. The molecule has 1 aromatic heterocycles. The molecule has 0 aliphatic rings. The van der Waals surface area contributed by atoms with Gasteiger partial charge in [0.15, 0.2) is 0 Å². The summed E-state index contributed by atoms with van der Waals surface area (Å²) < 4.78 is 10.6. The van der Waals surface area contributed by atoms with Crippen molar-refractivity contribution in [3.63, 3.8) is 0 Å². The lowest BCUT2D eigenvalue weighted by molar-refractivity contribution is 0.184. The Balaban J connectivity index is 2.12. The summed E-state index contributed by atoms with van der Waals surface area (Å²) >= 11 is 1.31. The minimum absolute atomic E-state index is 0.548. The smallest absolute Gasteiger partial charge is 0.280 e. The van der Waals surface area contributed by atoms with Crippen LogP contribution in [0.2, 0.25) is 0 Å². The van der Waals surface area contributed by atoms with Gasteiger partial charge in [-0.1, -0.05) is 23.5 Å². The standard InChI is InChI=1S/C11H12N2O2S/c1-14-7-8-3-2-4-9(5-8)15-11-13-6-10(12)16-11/h2-6H,7,12H2,1H3. The number of nitrogens with two attached hydrogens (primary N) is 1. The molecule has 0 spiro atoms. The van der Waals surface area contributed by atoms with E-state index in [2.05, 4.69) is 4.98 Å². The highest BCUT2D eigenvalue weighted by Gasteiger charge is 2.02. The van der Waals surface area contributed by atoms with Crippen LogP contribution in [0.3, 0.4) is 0 Å². The third-order valence-corrected chi connectivity index (χ3v) is 2.62. The molecular weight excluding hydrogens is 224 g/mol. The Morgan fingerprint density at radius 2 is 2.31 bits per heavy atom. The second-order valence-electron chi connectivity index (χ2n) is 3.21. The minimum atomic E-state index is 0.548. The molecule has 0 amide bonds. The maximum Gasteiger partial charge on any atom is 0.280 e. The molecule has 0 aliphatic heterocycles. The molecule has 2 aromatic rings. The number of thiazole rings is 1. The summed E-state index contributed by atoms with van der Waals surface area (Å²) in [5, 5.41) is 1.19. The molecule has 1 aromatic carbocycles. The molecule has 0 fully saturated rings. The van der Waals surface area contributed by atoms with Gasteiger partial charge in [0.2, 0.25) is 0 Å². The van der Waals surface area contributed by atoms with Crippen molar-refractivity contribution in [3.8, 4) is 10.9 Å². The number of hydrogen-bond donors (Lipinski definition) is 1. The maximum atomic E-state index is 5.57. The number of nitrogens with zero attached hydrogens (tertiary/aromatic N) is 1. The van der Waals surface area contributed by atoms with E-state index in [-0.39, 0.29) is 0 Å². The summed E-state index contributed by atoms with van der Waals surface area (Å²) in [4.78, 5) is 4.03. The molecule has 0 unspecified atom stereocenters. The zero-order valence-electron chi connectivity index (χ0n) is 8.84. The average Bonchev–Trinajstić information content (AvgIpc) is 2.65. The van der Waals surface area contributed by atoms with Crippen molar-refractivity contribution in [2.45, 2.75) is 6.61 Å². The molecule has 0 saturated heterocycles. The topological polar surface area (TPSA) is 57.4 Å². The Bertz CT molecular complexity index is 471. The number of hydrogen-bond acceptors (Lipinski definition) is 5. The number of anilines is 1. The second-order valence-corrected chi connectivity index (χ2v) is 4.24. The van der Waals surface area contributed by atoms with Gasteiger partial charge in [0, 0.05) is 7.11 Å². The van der Waals surface area contributed by atoms with Crippen molar-refractivity contribution in [2.24, 2.45) is 0 Å². The average molecular weight is 236 g/mol. The van der Waals surface area contributed by atoms with Crippen LogP contribution in [0.5, 0.6) is 10.9 Å². The van der Waals surface area contributed by atoms with Crippen molar-refractivity contribution >= 4 is 16.3 Å². The van der Waals surface area contributed by atoms with Gasteiger partial charge in [-0.25, -0.2) is 4.98 Å². The Morgan fingerprint density at radius 1 is 1.44 bits per heavy atom. The third kappa shape index (κ3) is 2.71. The second kappa shape index (κ2) is 4.96. The van der Waals surface area contributed by atoms with Crippen molar-refractivity contribution in [1.29, 1.82) is 0 Å². The fraction of sp³-hybridized carbons (Fsp3) is 0.182. The molecule has 0 saturated carbocycles. The van der Waals surface area contributed by atoms with Gasteiger partial charge in [0.1, 0.15) is 10.8 Å². The largest absolute Gasteiger partial charge is 0.431 e. The summed E-state index contributed by atoms with van der Waals surface area (Å²) in [6.45, 7) is 0.567. The van der Waals surface area contributed by atoms with Crippen LogP contribution in [0.1, 0.15) is 5.56 Å². The highest BCUT2D eigenvalue weighted by atomic mass is 32.1. The first-order chi connectivity index (χ1) is 7.78. The van der Waals surface area contributed by atoms with Gasteiger partial charge in [0.25, 0.3) is 5.19 Å². The van der Waals surface area contributed by atoms with Gasteiger partial charge in [-0.2, -0.15) is 0 Å². The van der Waals surface area contributed by atoms with Crippen LogP contribution >= 0.6 is 11.3 Å². The number of rotatable bonds is 4. The number of benzene rings is 1. The van der Waals surface area contributed by atoms with Crippen LogP contribution in [0.15, 0.2) is 30.5 Å². The van der Waals surface area contributed by atoms with Gasteiger partial charge in [-0.05, 0) is 17.7 Å². The lowest BCUT2D eigenvalue weighted by atomic mass is 10.2. The molecule has 5 heteroatoms. The number of methoxy groups -OCH3 is 1. The van der Waals surface area contributed by atoms with E-state index in [0.717, 1.165) is 11.3 Å². The molecule has 0 aliphatic carbocycles. The van der Waals surface area contributed by atoms with Crippen LogP contribution in [0.4, 0.5) is 5.00 Å². The highest BCUT2D eigenvalue weighted by Crippen LogP contribution is 2.28. The Hall–Kier alpha value is -1.59. The van der Waals surface area contributed by atoms with E-state index in [0.29, 0.717) is 16.8 Å². The Labute approximate surface area is 97.6 Å².